The normalized spacial score (nSPS) is 20.1. The number of thiazole rings is 1. The van der Waals surface area contributed by atoms with Gasteiger partial charge in [0.2, 0.25) is 0 Å². The van der Waals surface area contributed by atoms with Gasteiger partial charge in [0.1, 0.15) is 10.7 Å². The molecule has 1 aliphatic carbocycles. The second kappa shape index (κ2) is 7.59. The smallest absolute Gasteiger partial charge is 0.437 e. The van der Waals surface area contributed by atoms with Gasteiger partial charge in [0.05, 0.1) is 30.2 Å². The highest BCUT2D eigenvalue weighted by molar-refractivity contribution is 7.13. The lowest BCUT2D eigenvalue weighted by Gasteiger charge is -2.34. The Hall–Kier alpha value is -2.73. The summed E-state index contributed by atoms with van der Waals surface area (Å²) in [4.78, 5) is 7.78. The standard InChI is InChI=1S/C17H17F3N6O2S/c1-2-28-11-3-10(4-11)26-7-12(14(25-26)17(18,19)20)23-15(27)13-8-29-16(24-13)9-5-21-22-6-9/h5-8,10-11H,2-4H2,1H3,(H,21,22)(H,23,27)/p-1. The number of hydrogen-bond acceptors (Lipinski definition) is 7. The Labute approximate surface area is 167 Å². The van der Waals surface area contributed by atoms with Crippen molar-refractivity contribution in [2.45, 2.75) is 38.1 Å². The summed E-state index contributed by atoms with van der Waals surface area (Å²) in [6.45, 7) is 2.41. The summed E-state index contributed by atoms with van der Waals surface area (Å²) in [5, 5.41) is 24.4. The fourth-order valence-corrected chi connectivity index (χ4v) is 3.79. The molecule has 0 aromatic carbocycles. The molecule has 1 saturated carbocycles. The summed E-state index contributed by atoms with van der Waals surface area (Å²) in [6.07, 6.45) is 0.727. The van der Waals surface area contributed by atoms with Crippen molar-refractivity contribution in [2.75, 3.05) is 6.61 Å². The molecule has 4 rings (SSSR count). The zero-order valence-corrected chi connectivity index (χ0v) is 16.0. The number of halogens is 3. The monoisotopic (exact) mass is 425 g/mol. The van der Waals surface area contributed by atoms with Crippen LogP contribution in [0.3, 0.4) is 0 Å². The number of nitrogens with one attached hydrogen (secondary N) is 1. The predicted molar refractivity (Wildman–Crippen MR) is 96.8 cm³/mol. The van der Waals surface area contributed by atoms with Crippen molar-refractivity contribution in [2.24, 2.45) is 4.99 Å². The number of H-pyrrole nitrogens is 1. The highest BCUT2D eigenvalue weighted by Crippen LogP contribution is 2.40. The second-order valence-electron chi connectivity index (χ2n) is 6.49. The van der Waals surface area contributed by atoms with Crippen molar-refractivity contribution in [1.29, 1.82) is 0 Å². The number of aromatic nitrogens is 5. The van der Waals surface area contributed by atoms with Crippen LogP contribution in [-0.2, 0) is 10.9 Å². The van der Waals surface area contributed by atoms with E-state index >= 15 is 0 Å². The van der Waals surface area contributed by atoms with Crippen LogP contribution in [0.5, 0.6) is 0 Å². The third kappa shape index (κ3) is 4.03. The van der Waals surface area contributed by atoms with E-state index in [0.717, 1.165) is 6.20 Å². The number of rotatable bonds is 6. The van der Waals surface area contributed by atoms with E-state index in [2.05, 4.69) is 25.3 Å². The van der Waals surface area contributed by atoms with E-state index in [1.54, 1.807) is 6.20 Å². The summed E-state index contributed by atoms with van der Waals surface area (Å²) in [5.74, 6) is -0.859. The first-order valence-corrected chi connectivity index (χ1v) is 9.71. The highest BCUT2D eigenvalue weighted by atomic mass is 32.1. The Morgan fingerprint density at radius 3 is 2.90 bits per heavy atom. The molecular weight excluding hydrogens is 409 g/mol. The molecule has 0 unspecified atom stereocenters. The van der Waals surface area contributed by atoms with Gasteiger partial charge in [-0.25, -0.2) is 4.98 Å². The van der Waals surface area contributed by atoms with Gasteiger partial charge in [-0.05, 0) is 19.8 Å². The molecule has 0 bridgehead atoms. The molecule has 29 heavy (non-hydrogen) atoms. The highest BCUT2D eigenvalue weighted by Gasteiger charge is 2.40. The number of aliphatic imine (C=N–C) groups is 1. The topological polar surface area (TPSA) is 104 Å². The second-order valence-corrected chi connectivity index (χ2v) is 7.34. The largest absolute Gasteiger partial charge is 0.857 e. The van der Waals surface area contributed by atoms with Crippen LogP contribution in [0.1, 0.15) is 37.2 Å². The molecule has 154 valence electrons. The van der Waals surface area contributed by atoms with Gasteiger partial charge in [-0.1, -0.05) is 0 Å². The van der Waals surface area contributed by atoms with Crippen molar-refractivity contribution >= 4 is 22.9 Å². The Morgan fingerprint density at radius 1 is 1.45 bits per heavy atom. The van der Waals surface area contributed by atoms with Crippen molar-refractivity contribution in [1.82, 2.24) is 25.0 Å². The minimum Gasteiger partial charge on any atom is -0.857 e. The lowest BCUT2D eigenvalue weighted by molar-refractivity contribution is -0.213. The Kier molecular flexibility index (Phi) is 5.13. The average molecular weight is 425 g/mol. The maximum absolute atomic E-state index is 13.4. The van der Waals surface area contributed by atoms with Crippen molar-refractivity contribution in [3.05, 3.63) is 35.4 Å². The number of aromatic amines is 1. The van der Waals surface area contributed by atoms with Gasteiger partial charge in [0.15, 0.2) is 5.69 Å². The molecule has 8 nitrogen and oxygen atoms in total. The van der Waals surface area contributed by atoms with Gasteiger partial charge >= 0.3 is 6.18 Å². The Morgan fingerprint density at radius 2 is 2.24 bits per heavy atom. The summed E-state index contributed by atoms with van der Waals surface area (Å²) in [6, 6.07) is -0.210. The molecule has 0 saturated heterocycles. The lowest BCUT2D eigenvalue weighted by Crippen LogP contribution is -2.33. The SMILES string of the molecule is CCOC1CC(n2cc(N=C([O-])c3csc(-c4cn[nH]c4)n3)c(C(F)(F)F)n2)C1. The van der Waals surface area contributed by atoms with Gasteiger partial charge in [-0.3, -0.25) is 14.8 Å². The molecule has 0 radical (unpaired) electrons. The van der Waals surface area contributed by atoms with E-state index in [1.807, 2.05) is 6.92 Å². The maximum Gasteiger partial charge on any atom is 0.437 e. The molecule has 1 aliphatic rings. The first kappa shape index (κ1) is 19.6. The van der Waals surface area contributed by atoms with Gasteiger partial charge in [-0.15, -0.1) is 11.3 Å². The third-order valence-electron chi connectivity index (χ3n) is 4.52. The van der Waals surface area contributed by atoms with Crippen LogP contribution in [0.25, 0.3) is 10.6 Å². The van der Waals surface area contributed by atoms with Crippen LogP contribution in [0, 0.1) is 0 Å². The maximum atomic E-state index is 13.4. The summed E-state index contributed by atoms with van der Waals surface area (Å²) in [5.41, 5.74) is -1.06. The van der Waals surface area contributed by atoms with Crippen LogP contribution in [0.15, 0.2) is 29.0 Å². The molecule has 3 heterocycles. The van der Waals surface area contributed by atoms with Gasteiger partial charge < -0.3 is 9.84 Å². The van der Waals surface area contributed by atoms with E-state index in [1.165, 1.54) is 27.6 Å². The van der Waals surface area contributed by atoms with Crippen LogP contribution < -0.4 is 5.11 Å². The predicted octanol–water partition coefficient (Wildman–Crippen LogP) is 2.93. The summed E-state index contributed by atoms with van der Waals surface area (Å²) in [7, 11) is 0. The number of alkyl halides is 3. The third-order valence-corrected chi connectivity index (χ3v) is 5.41. The van der Waals surface area contributed by atoms with E-state index in [-0.39, 0.29) is 17.8 Å². The quantitative estimate of drug-likeness (QED) is 0.483. The molecule has 1 N–H and O–H groups in total. The molecule has 3 aromatic rings. The van der Waals surface area contributed by atoms with E-state index in [0.29, 0.717) is 30.0 Å². The Balaban J connectivity index is 1.60. The molecule has 0 spiro atoms. The average Bonchev–Trinajstić information content (AvgIpc) is 3.35. The van der Waals surface area contributed by atoms with Crippen LogP contribution >= 0.6 is 11.3 Å². The van der Waals surface area contributed by atoms with E-state index in [4.69, 9.17) is 4.74 Å². The lowest BCUT2D eigenvalue weighted by atomic mass is 9.89. The zero-order chi connectivity index (χ0) is 20.6. The summed E-state index contributed by atoms with van der Waals surface area (Å²) < 4.78 is 46.8. The van der Waals surface area contributed by atoms with E-state index in [9.17, 15) is 18.3 Å². The first-order valence-electron chi connectivity index (χ1n) is 8.83. The van der Waals surface area contributed by atoms with Gasteiger partial charge in [-0.2, -0.15) is 23.4 Å². The number of ether oxygens (including phenoxy) is 1. The minimum absolute atomic E-state index is 0.0157. The fourth-order valence-electron chi connectivity index (χ4n) is 3.02. The molecule has 3 aromatic heterocycles. The molecular formula is C17H16F3N6O2S-. The van der Waals surface area contributed by atoms with Gasteiger partial charge in [0.25, 0.3) is 0 Å². The molecule has 1 fully saturated rings. The minimum atomic E-state index is -4.72. The van der Waals surface area contributed by atoms with Crippen molar-refractivity contribution < 1.29 is 23.0 Å². The number of nitrogens with zero attached hydrogens (tertiary/aromatic N) is 5. The van der Waals surface area contributed by atoms with E-state index < -0.39 is 23.5 Å². The molecule has 0 amide bonds. The van der Waals surface area contributed by atoms with Gasteiger partial charge in [0, 0.05) is 29.6 Å². The van der Waals surface area contributed by atoms with Crippen LogP contribution in [0.4, 0.5) is 18.9 Å². The van der Waals surface area contributed by atoms with Crippen molar-refractivity contribution in [3.8, 4) is 10.6 Å². The Bertz CT molecular complexity index is 1000. The molecule has 0 atom stereocenters. The van der Waals surface area contributed by atoms with Crippen LogP contribution in [-0.4, -0.2) is 43.6 Å². The first-order chi connectivity index (χ1) is 13.8. The fraction of sp³-hybridized carbons (Fsp3) is 0.412. The van der Waals surface area contributed by atoms with Crippen LogP contribution in [0.2, 0.25) is 0 Å². The zero-order valence-electron chi connectivity index (χ0n) is 15.2. The molecule has 12 heteroatoms. The molecule has 0 aliphatic heterocycles. The summed E-state index contributed by atoms with van der Waals surface area (Å²) >= 11 is 1.17. The van der Waals surface area contributed by atoms with Crippen molar-refractivity contribution in [3.63, 3.8) is 0 Å². The number of hydrogen-bond donors (Lipinski definition) is 1.